The monoisotopic (exact) mass is 298 g/mol. The number of hydrogen-bond acceptors (Lipinski definition) is 4. The van der Waals surface area contributed by atoms with Crippen molar-refractivity contribution in [1.82, 2.24) is 5.32 Å². The molecule has 114 valence electrons. The van der Waals surface area contributed by atoms with E-state index in [0.717, 1.165) is 22.6 Å². The average molecular weight is 298 g/mol. The second kappa shape index (κ2) is 6.07. The number of benzene rings is 2. The molecule has 0 unspecified atom stereocenters. The van der Waals surface area contributed by atoms with Crippen LogP contribution in [0.15, 0.2) is 48.5 Å². The molecule has 1 heterocycles. The summed E-state index contributed by atoms with van der Waals surface area (Å²) in [5.74, 6) is 1.06. The zero-order valence-corrected chi connectivity index (χ0v) is 12.3. The van der Waals surface area contributed by atoms with Crippen molar-refractivity contribution < 1.29 is 14.3 Å². The van der Waals surface area contributed by atoms with E-state index in [4.69, 9.17) is 15.2 Å². The van der Waals surface area contributed by atoms with Crippen molar-refractivity contribution in [3.63, 3.8) is 0 Å². The van der Waals surface area contributed by atoms with Crippen LogP contribution in [0.25, 0.3) is 0 Å². The van der Waals surface area contributed by atoms with Crippen molar-refractivity contribution in [2.45, 2.75) is 19.0 Å². The minimum absolute atomic E-state index is 0.0628. The van der Waals surface area contributed by atoms with Crippen molar-refractivity contribution in [2.75, 3.05) is 6.79 Å². The fourth-order valence-corrected chi connectivity index (χ4v) is 2.52. The van der Waals surface area contributed by atoms with E-state index in [1.165, 1.54) is 0 Å². The molecule has 5 nitrogen and oxygen atoms in total. The summed E-state index contributed by atoms with van der Waals surface area (Å²) in [7, 11) is 0. The molecular formula is C17H18N2O3. The minimum atomic E-state index is -0.540. The van der Waals surface area contributed by atoms with Gasteiger partial charge in [-0.25, -0.2) is 0 Å². The van der Waals surface area contributed by atoms with Crippen LogP contribution in [0.5, 0.6) is 11.5 Å². The third-order valence-corrected chi connectivity index (χ3v) is 3.73. The Hall–Kier alpha value is -2.53. The van der Waals surface area contributed by atoms with Gasteiger partial charge in [0.15, 0.2) is 11.5 Å². The molecule has 0 fully saturated rings. The Labute approximate surface area is 129 Å². The molecule has 0 aromatic heterocycles. The first-order chi connectivity index (χ1) is 10.6. The maximum Gasteiger partial charge on any atom is 0.239 e. The molecule has 0 saturated heterocycles. The Balaban J connectivity index is 1.79. The van der Waals surface area contributed by atoms with Gasteiger partial charge >= 0.3 is 0 Å². The summed E-state index contributed by atoms with van der Waals surface area (Å²) in [5.41, 5.74) is 7.39. The SMILES string of the molecule is C[C@H](N[C@H](C(N)=O)c1ccccc1)c1ccc2c(c1)OCO2. The van der Waals surface area contributed by atoms with Gasteiger partial charge < -0.3 is 15.2 Å². The predicted octanol–water partition coefficient (Wildman–Crippen LogP) is 2.29. The highest BCUT2D eigenvalue weighted by atomic mass is 16.7. The molecular weight excluding hydrogens is 280 g/mol. The van der Waals surface area contributed by atoms with E-state index in [1.807, 2.05) is 55.5 Å². The molecule has 3 N–H and O–H groups in total. The third kappa shape index (κ3) is 2.89. The first-order valence-corrected chi connectivity index (χ1v) is 7.15. The van der Waals surface area contributed by atoms with Gasteiger partial charge in [0.1, 0.15) is 6.04 Å². The lowest BCUT2D eigenvalue weighted by Gasteiger charge is -2.21. The van der Waals surface area contributed by atoms with Gasteiger partial charge in [-0.2, -0.15) is 0 Å². The first kappa shape index (κ1) is 14.4. The van der Waals surface area contributed by atoms with Crippen LogP contribution in [0.3, 0.4) is 0 Å². The van der Waals surface area contributed by atoms with Crippen LogP contribution in [-0.4, -0.2) is 12.7 Å². The van der Waals surface area contributed by atoms with Crippen LogP contribution in [-0.2, 0) is 4.79 Å². The molecule has 0 saturated carbocycles. The molecule has 0 bridgehead atoms. The molecule has 2 aromatic rings. The molecule has 0 aliphatic carbocycles. The number of carbonyl (C=O) groups excluding carboxylic acids is 1. The van der Waals surface area contributed by atoms with Crippen LogP contribution in [0.2, 0.25) is 0 Å². The van der Waals surface area contributed by atoms with E-state index < -0.39 is 11.9 Å². The molecule has 0 spiro atoms. The lowest BCUT2D eigenvalue weighted by Crippen LogP contribution is -2.35. The summed E-state index contributed by atoms with van der Waals surface area (Å²) < 4.78 is 10.7. The highest BCUT2D eigenvalue weighted by Gasteiger charge is 2.22. The van der Waals surface area contributed by atoms with Crippen molar-refractivity contribution in [3.8, 4) is 11.5 Å². The topological polar surface area (TPSA) is 73.6 Å². The van der Waals surface area contributed by atoms with Crippen LogP contribution in [0.4, 0.5) is 0 Å². The Morgan fingerprint density at radius 2 is 1.82 bits per heavy atom. The summed E-state index contributed by atoms with van der Waals surface area (Å²) in [4.78, 5) is 11.8. The number of fused-ring (bicyclic) bond motifs is 1. The van der Waals surface area contributed by atoms with E-state index in [1.54, 1.807) is 0 Å². The van der Waals surface area contributed by atoms with Gasteiger partial charge in [0.05, 0.1) is 0 Å². The van der Waals surface area contributed by atoms with Gasteiger partial charge in [0, 0.05) is 6.04 Å². The fourth-order valence-electron chi connectivity index (χ4n) is 2.52. The number of primary amides is 1. The lowest BCUT2D eigenvalue weighted by atomic mass is 10.0. The largest absolute Gasteiger partial charge is 0.454 e. The van der Waals surface area contributed by atoms with E-state index in [0.29, 0.717) is 0 Å². The molecule has 2 aromatic carbocycles. The van der Waals surface area contributed by atoms with Gasteiger partial charge in [-0.1, -0.05) is 36.4 Å². The Morgan fingerprint density at radius 3 is 2.55 bits per heavy atom. The summed E-state index contributed by atoms with van der Waals surface area (Å²) in [6.45, 7) is 2.23. The maximum absolute atomic E-state index is 11.8. The lowest BCUT2D eigenvalue weighted by molar-refractivity contribution is -0.120. The quantitative estimate of drug-likeness (QED) is 0.888. The van der Waals surface area contributed by atoms with Crippen LogP contribution >= 0.6 is 0 Å². The first-order valence-electron chi connectivity index (χ1n) is 7.15. The molecule has 5 heteroatoms. The number of nitrogens with one attached hydrogen (secondary N) is 1. The van der Waals surface area contributed by atoms with Crippen LogP contribution in [0, 0.1) is 0 Å². The van der Waals surface area contributed by atoms with E-state index in [9.17, 15) is 4.79 Å². The van der Waals surface area contributed by atoms with E-state index >= 15 is 0 Å². The molecule has 1 aliphatic heterocycles. The number of nitrogens with two attached hydrogens (primary N) is 1. The van der Waals surface area contributed by atoms with Crippen molar-refractivity contribution in [2.24, 2.45) is 5.73 Å². The number of hydrogen-bond donors (Lipinski definition) is 2. The third-order valence-electron chi connectivity index (χ3n) is 3.73. The Bertz CT molecular complexity index is 673. The van der Waals surface area contributed by atoms with Gasteiger partial charge in [0.25, 0.3) is 0 Å². The maximum atomic E-state index is 11.8. The number of amides is 1. The van der Waals surface area contributed by atoms with Gasteiger partial charge in [-0.05, 0) is 30.2 Å². The predicted molar refractivity (Wildman–Crippen MR) is 82.5 cm³/mol. The minimum Gasteiger partial charge on any atom is -0.454 e. The number of ether oxygens (including phenoxy) is 2. The fraction of sp³-hybridized carbons (Fsp3) is 0.235. The molecule has 3 rings (SSSR count). The number of carbonyl (C=O) groups is 1. The summed E-state index contributed by atoms with van der Waals surface area (Å²) in [6, 6.07) is 14.6. The summed E-state index contributed by atoms with van der Waals surface area (Å²) >= 11 is 0. The smallest absolute Gasteiger partial charge is 0.239 e. The van der Waals surface area contributed by atoms with Gasteiger partial charge in [-0.3, -0.25) is 10.1 Å². The van der Waals surface area contributed by atoms with Crippen LogP contribution < -0.4 is 20.5 Å². The average Bonchev–Trinajstić information content (AvgIpc) is 3.00. The Morgan fingerprint density at radius 1 is 1.09 bits per heavy atom. The van der Waals surface area contributed by atoms with Crippen molar-refractivity contribution >= 4 is 5.91 Å². The summed E-state index contributed by atoms with van der Waals surface area (Å²) in [6.07, 6.45) is 0. The van der Waals surface area contributed by atoms with E-state index in [2.05, 4.69) is 5.32 Å². The standard InChI is InChI=1S/C17H18N2O3/c1-11(13-7-8-14-15(9-13)22-10-21-14)19-16(17(18)20)12-5-3-2-4-6-12/h2-9,11,16,19H,10H2,1H3,(H2,18,20)/t11-,16-/m0/s1. The molecule has 22 heavy (non-hydrogen) atoms. The zero-order valence-electron chi connectivity index (χ0n) is 12.3. The molecule has 0 radical (unpaired) electrons. The van der Waals surface area contributed by atoms with Gasteiger partial charge in [-0.15, -0.1) is 0 Å². The second-order valence-electron chi connectivity index (χ2n) is 5.25. The van der Waals surface area contributed by atoms with E-state index in [-0.39, 0.29) is 12.8 Å². The highest BCUT2D eigenvalue weighted by molar-refractivity contribution is 5.81. The Kier molecular flexibility index (Phi) is 3.98. The number of rotatable bonds is 5. The van der Waals surface area contributed by atoms with Crippen LogP contribution in [0.1, 0.15) is 30.1 Å². The summed E-state index contributed by atoms with van der Waals surface area (Å²) in [5, 5.41) is 3.27. The van der Waals surface area contributed by atoms with Crippen molar-refractivity contribution in [1.29, 1.82) is 0 Å². The van der Waals surface area contributed by atoms with Gasteiger partial charge in [0.2, 0.25) is 12.7 Å². The zero-order chi connectivity index (χ0) is 15.5. The molecule has 1 aliphatic rings. The molecule has 2 atom stereocenters. The second-order valence-corrected chi connectivity index (χ2v) is 5.25. The normalized spacial score (nSPS) is 15.3. The highest BCUT2D eigenvalue weighted by Crippen LogP contribution is 2.34. The van der Waals surface area contributed by atoms with Crippen molar-refractivity contribution in [3.05, 3.63) is 59.7 Å². The molecule has 1 amide bonds.